The van der Waals surface area contributed by atoms with Crippen LogP contribution in [-0.2, 0) is 4.74 Å². The van der Waals surface area contributed by atoms with E-state index < -0.39 is 17.5 Å². The molecule has 172 valence electrons. The Kier molecular flexibility index (Phi) is 6.14. The average molecular weight is 460 g/mol. The van der Waals surface area contributed by atoms with Crippen LogP contribution >= 0.6 is 0 Å². The van der Waals surface area contributed by atoms with Gasteiger partial charge in [-0.1, -0.05) is 6.07 Å². The molecule has 1 aliphatic rings. The number of ether oxygens (including phenoxy) is 1. The third-order valence-electron chi connectivity index (χ3n) is 5.65. The number of pyridine rings is 1. The highest BCUT2D eigenvalue weighted by atomic mass is 19.1. The maximum Gasteiger partial charge on any atom is 0.255 e. The van der Waals surface area contributed by atoms with Gasteiger partial charge in [0.05, 0.1) is 16.9 Å². The molecule has 1 amide bonds. The van der Waals surface area contributed by atoms with Gasteiger partial charge >= 0.3 is 0 Å². The van der Waals surface area contributed by atoms with Crippen LogP contribution in [-0.4, -0.2) is 27.3 Å². The Morgan fingerprint density at radius 1 is 1.06 bits per heavy atom. The lowest BCUT2D eigenvalue weighted by Gasteiger charge is -2.23. The largest absolute Gasteiger partial charge is 0.356 e. The van der Waals surface area contributed by atoms with Crippen molar-refractivity contribution < 1.29 is 18.3 Å². The van der Waals surface area contributed by atoms with Gasteiger partial charge in [-0.05, 0) is 73.9 Å². The fourth-order valence-corrected chi connectivity index (χ4v) is 4.03. The number of amides is 1. The van der Waals surface area contributed by atoms with Gasteiger partial charge in [-0.25, -0.2) is 13.5 Å². The molecular weight excluding hydrogens is 438 g/mol. The zero-order valence-corrected chi connectivity index (χ0v) is 18.2. The Balaban J connectivity index is 1.51. The predicted molar refractivity (Wildman–Crippen MR) is 126 cm³/mol. The highest BCUT2D eigenvalue weighted by Crippen LogP contribution is 2.30. The molecule has 2 aromatic carbocycles. The molecule has 1 atom stereocenters. The molecule has 0 saturated carbocycles. The molecule has 0 spiro atoms. The summed E-state index contributed by atoms with van der Waals surface area (Å²) in [7, 11) is 0. The molecule has 1 saturated heterocycles. The Labute approximate surface area is 194 Å². The van der Waals surface area contributed by atoms with Crippen LogP contribution in [0.1, 0.15) is 47.2 Å². The number of fused-ring (bicyclic) bond motifs is 1. The van der Waals surface area contributed by atoms with E-state index in [1.807, 2.05) is 41.1 Å². The predicted octanol–water partition coefficient (Wildman–Crippen LogP) is 5.83. The fourth-order valence-electron chi connectivity index (χ4n) is 4.03. The number of aromatic nitrogens is 3. The second-order valence-electron chi connectivity index (χ2n) is 8.08. The summed E-state index contributed by atoms with van der Waals surface area (Å²) >= 11 is 0. The summed E-state index contributed by atoms with van der Waals surface area (Å²) in [6.07, 6.45) is 8.25. The molecule has 0 aliphatic carbocycles. The van der Waals surface area contributed by atoms with Crippen LogP contribution in [0.2, 0.25) is 0 Å². The van der Waals surface area contributed by atoms with Crippen LogP contribution in [0.25, 0.3) is 23.1 Å². The Bertz CT molecular complexity index is 1340. The van der Waals surface area contributed by atoms with Crippen molar-refractivity contribution in [3.8, 4) is 0 Å². The van der Waals surface area contributed by atoms with Crippen molar-refractivity contribution in [2.24, 2.45) is 0 Å². The highest BCUT2D eigenvalue weighted by molar-refractivity contribution is 6.05. The third-order valence-corrected chi connectivity index (χ3v) is 5.65. The monoisotopic (exact) mass is 460 g/mol. The Hall–Kier alpha value is -3.91. The van der Waals surface area contributed by atoms with E-state index in [9.17, 15) is 13.6 Å². The van der Waals surface area contributed by atoms with Crippen molar-refractivity contribution in [1.29, 1.82) is 0 Å². The zero-order valence-electron chi connectivity index (χ0n) is 18.2. The van der Waals surface area contributed by atoms with Gasteiger partial charge in [0.25, 0.3) is 5.91 Å². The first-order chi connectivity index (χ1) is 16.6. The van der Waals surface area contributed by atoms with Gasteiger partial charge in [0, 0.05) is 35.5 Å². The van der Waals surface area contributed by atoms with Crippen LogP contribution in [0.15, 0.2) is 60.8 Å². The number of benzene rings is 2. The normalized spacial score (nSPS) is 16.2. The molecule has 1 fully saturated rings. The minimum atomic E-state index is -0.809. The molecule has 6 nitrogen and oxygen atoms in total. The number of carbonyl (C=O) groups is 1. The lowest BCUT2D eigenvalue weighted by atomic mass is 10.1. The van der Waals surface area contributed by atoms with Crippen LogP contribution < -0.4 is 5.32 Å². The van der Waals surface area contributed by atoms with E-state index in [2.05, 4.69) is 10.3 Å². The SMILES string of the molecule is O=C(Nc1ccc2c(c1)c(/C=C/c1ccccn1)nn2C1CCCCO1)c1cc(F)cc(F)c1. The summed E-state index contributed by atoms with van der Waals surface area (Å²) in [5, 5.41) is 8.32. The van der Waals surface area contributed by atoms with Crippen molar-refractivity contribution in [3.63, 3.8) is 0 Å². The number of halogens is 2. The Morgan fingerprint density at radius 3 is 2.65 bits per heavy atom. The van der Waals surface area contributed by atoms with Gasteiger partial charge in [-0.2, -0.15) is 5.10 Å². The molecule has 0 radical (unpaired) electrons. The third kappa shape index (κ3) is 4.72. The number of nitrogens with one attached hydrogen (secondary N) is 1. The second-order valence-corrected chi connectivity index (χ2v) is 8.08. The molecule has 2 aromatic heterocycles. The number of carbonyl (C=O) groups excluding carboxylic acids is 1. The maximum atomic E-state index is 13.5. The van der Waals surface area contributed by atoms with Gasteiger partial charge in [0.1, 0.15) is 11.6 Å². The standard InChI is InChI=1S/C26H22F2N4O2/c27-18-13-17(14-19(28)15-18)26(33)30-21-8-10-24-22(16-21)23(9-7-20-5-1-3-11-29-20)31-32(24)25-6-2-4-12-34-25/h1,3,5,7-11,13-16,25H,2,4,6,12H2,(H,30,33)/b9-7+. The summed E-state index contributed by atoms with van der Waals surface area (Å²) in [5.41, 5.74) is 2.74. The zero-order chi connectivity index (χ0) is 23.5. The molecule has 5 rings (SSSR count). The van der Waals surface area contributed by atoms with E-state index in [4.69, 9.17) is 9.84 Å². The highest BCUT2D eigenvalue weighted by Gasteiger charge is 2.21. The van der Waals surface area contributed by atoms with E-state index in [1.165, 1.54) is 0 Å². The summed E-state index contributed by atoms with van der Waals surface area (Å²) < 4.78 is 34.9. The molecule has 1 unspecified atom stereocenters. The first-order valence-electron chi connectivity index (χ1n) is 11.1. The van der Waals surface area contributed by atoms with Crippen LogP contribution in [0.3, 0.4) is 0 Å². The summed E-state index contributed by atoms with van der Waals surface area (Å²) in [4.78, 5) is 16.9. The quantitative estimate of drug-likeness (QED) is 0.407. The lowest BCUT2D eigenvalue weighted by Crippen LogP contribution is -2.19. The summed E-state index contributed by atoms with van der Waals surface area (Å²) in [6, 6.07) is 13.8. The summed E-state index contributed by atoms with van der Waals surface area (Å²) in [6.45, 7) is 0.684. The smallest absolute Gasteiger partial charge is 0.255 e. The minimum absolute atomic E-state index is 0.0980. The fraction of sp³-hybridized carbons (Fsp3) is 0.192. The molecular formula is C26H22F2N4O2. The molecule has 3 heterocycles. The minimum Gasteiger partial charge on any atom is -0.356 e. The molecule has 4 aromatic rings. The first-order valence-corrected chi connectivity index (χ1v) is 11.1. The number of rotatable bonds is 5. The van der Waals surface area contributed by atoms with E-state index >= 15 is 0 Å². The molecule has 34 heavy (non-hydrogen) atoms. The van der Waals surface area contributed by atoms with Crippen LogP contribution in [0, 0.1) is 11.6 Å². The molecule has 8 heteroatoms. The van der Waals surface area contributed by atoms with Crippen molar-refractivity contribution in [2.75, 3.05) is 11.9 Å². The Morgan fingerprint density at radius 2 is 1.91 bits per heavy atom. The average Bonchev–Trinajstić information content (AvgIpc) is 3.21. The van der Waals surface area contributed by atoms with E-state index in [0.717, 1.165) is 54.1 Å². The summed E-state index contributed by atoms with van der Waals surface area (Å²) in [5.74, 6) is -2.22. The number of anilines is 1. The van der Waals surface area contributed by atoms with Crippen LogP contribution in [0.5, 0.6) is 0 Å². The van der Waals surface area contributed by atoms with E-state index in [0.29, 0.717) is 18.0 Å². The van der Waals surface area contributed by atoms with E-state index in [1.54, 1.807) is 18.3 Å². The maximum absolute atomic E-state index is 13.5. The number of hydrogen-bond donors (Lipinski definition) is 1. The van der Waals surface area contributed by atoms with Gasteiger partial charge in [-0.15, -0.1) is 0 Å². The van der Waals surface area contributed by atoms with Crippen molar-refractivity contribution >= 4 is 34.6 Å². The first kappa shape index (κ1) is 21.9. The second kappa shape index (κ2) is 9.52. The number of hydrogen-bond acceptors (Lipinski definition) is 4. The molecule has 1 aliphatic heterocycles. The van der Waals surface area contributed by atoms with Gasteiger partial charge in [-0.3, -0.25) is 9.78 Å². The van der Waals surface area contributed by atoms with Gasteiger partial charge in [0.2, 0.25) is 0 Å². The van der Waals surface area contributed by atoms with Crippen molar-refractivity contribution in [1.82, 2.24) is 14.8 Å². The van der Waals surface area contributed by atoms with Crippen LogP contribution in [0.4, 0.5) is 14.5 Å². The van der Waals surface area contributed by atoms with Gasteiger partial charge in [0.15, 0.2) is 6.23 Å². The topological polar surface area (TPSA) is 69.0 Å². The lowest BCUT2D eigenvalue weighted by molar-refractivity contribution is -0.0367. The van der Waals surface area contributed by atoms with Crippen molar-refractivity contribution in [2.45, 2.75) is 25.5 Å². The van der Waals surface area contributed by atoms with Gasteiger partial charge < -0.3 is 10.1 Å². The van der Waals surface area contributed by atoms with Crippen molar-refractivity contribution in [3.05, 3.63) is 89.4 Å². The molecule has 0 bridgehead atoms. The molecule has 1 N–H and O–H groups in total. The van der Waals surface area contributed by atoms with E-state index in [-0.39, 0.29) is 11.8 Å². The number of nitrogens with zero attached hydrogens (tertiary/aromatic N) is 3.